The van der Waals surface area contributed by atoms with Gasteiger partial charge in [0.2, 0.25) is 5.91 Å². The van der Waals surface area contributed by atoms with Gasteiger partial charge in [-0.15, -0.1) is 0 Å². The molecule has 1 heterocycles. The Hall–Kier alpha value is -2.82. The number of hydrogen-bond donors (Lipinski definition) is 1. The van der Waals surface area contributed by atoms with Gasteiger partial charge in [0.15, 0.2) is 0 Å². The highest BCUT2D eigenvalue weighted by Gasteiger charge is 2.26. The number of nitrogens with one attached hydrogen (secondary N) is 1. The van der Waals surface area contributed by atoms with Crippen molar-refractivity contribution in [3.8, 4) is 5.75 Å². The zero-order valence-corrected chi connectivity index (χ0v) is 17.1. The van der Waals surface area contributed by atoms with E-state index in [9.17, 15) is 9.59 Å². The van der Waals surface area contributed by atoms with E-state index in [1.807, 2.05) is 35.2 Å². The number of hydrogen-bond acceptors (Lipinski definition) is 3. The fourth-order valence-electron chi connectivity index (χ4n) is 3.86. The minimum atomic E-state index is -0.0936. The number of ether oxygens (including phenoxy) is 1. The predicted molar refractivity (Wildman–Crippen MR) is 114 cm³/mol. The van der Waals surface area contributed by atoms with Crippen LogP contribution in [0.3, 0.4) is 0 Å². The quantitative estimate of drug-likeness (QED) is 0.711. The molecule has 1 saturated heterocycles. The van der Waals surface area contributed by atoms with Crippen molar-refractivity contribution in [1.29, 1.82) is 0 Å². The molecule has 0 aromatic heterocycles. The Kier molecular flexibility index (Phi) is 7.68. The first-order valence-corrected chi connectivity index (χ1v) is 10.5. The molecule has 1 fully saturated rings. The molecule has 2 amide bonds. The molecule has 2 aromatic rings. The molecule has 0 spiro atoms. The van der Waals surface area contributed by atoms with Crippen LogP contribution < -0.4 is 10.1 Å². The van der Waals surface area contributed by atoms with Gasteiger partial charge in [-0.1, -0.05) is 43.2 Å². The molecule has 3 rings (SSSR count). The molecule has 5 nitrogen and oxygen atoms in total. The molecule has 1 unspecified atom stereocenters. The molecular weight excluding hydrogens is 364 g/mol. The number of carbonyl (C=O) groups is 2. The molecule has 1 N–H and O–H groups in total. The Morgan fingerprint density at radius 1 is 1.03 bits per heavy atom. The summed E-state index contributed by atoms with van der Waals surface area (Å²) in [5, 5.41) is 2.90. The monoisotopic (exact) mass is 394 g/mol. The molecule has 29 heavy (non-hydrogen) atoms. The number of amides is 2. The maximum atomic E-state index is 13.0. The van der Waals surface area contributed by atoms with Gasteiger partial charge in [-0.2, -0.15) is 0 Å². The lowest BCUT2D eigenvalue weighted by Crippen LogP contribution is -2.35. The second-order valence-electron chi connectivity index (χ2n) is 7.45. The Bertz CT molecular complexity index is 790. The zero-order valence-electron chi connectivity index (χ0n) is 17.1. The van der Waals surface area contributed by atoms with Crippen molar-refractivity contribution < 1.29 is 14.3 Å². The van der Waals surface area contributed by atoms with Gasteiger partial charge < -0.3 is 15.0 Å². The van der Waals surface area contributed by atoms with Crippen molar-refractivity contribution in [3.05, 3.63) is 65.7 Å². The molecule has 0 saturated carbocycles. The van der Waals surface area contributed by atoms with Crippen LogP contribution in [0.1, 0.15) is 60.5 Å². The minimum Gasteiger partial charge on any atom is -0.497 e. The van der Waals surface area contributed by atoms with E-state index in [0.717, 1.165) is 38.0 Å². The van der Waals surface area contributed by atoms with E-state index < -0.39 is 0 Å². The van der Waals surface area contributed by atoms with Crippen LogP contribution >= 0.6 is 0 Å². The minimum absolute atomic E-state index is 0.0936. The first-order valence-electron chi connectivity index (χ1n) is 10.5. The van der Waals surface area contributed by atoms with Crippen molar-refractivity contribution in [1.82, 2.24) is 10.2 Å². The summed E-state index contributed by atoms with van der Waals surface area (Å²) in [6.07, 6.45) is 5.41. The summed E-state index contributed by atoms with van der Waals surface area (Å²) in [6, 6.07) is 17.3. The summed E-state index contributed by atoms with van der Waals surface area (Å²) in [5.74, 6) is 0.903. The summed E-state index contributed by atoms with van der Waals surface area (Å²) < 4.78 is 5.26. The van der Waals surface area contributed by atoms with Crippen LogP contribution in [-0.4, -0.2) is 36.9 Å². The summed E-state index contributed by atoms with van der Waals surface area (Å²) in [5.41, 5.74) is 1.81. The van der Waals surface area contributed by atoms with Crippen LogP contribution in [0, 0.1) is 0 Å². The van der Waals surface area contributed by atoms with Gasteiger partial charge in [-0.3, -0.25) is 9.59 Å². The molecular formula is C24H30N2O3. The average Bonchev–Trinajstić information content (AvgIpc) is 3.03. The summed E-state index contributed by atoms with van der Waals surface area (Å²) in [6.45, 7) is 1.30. The second kappa shape index (κ2) is 10.6. The van der Waals surface area contributed by atoms with E-state index in [-0.39, 0.29) is 17.9 Å². The molecule has 1 atom stereocenters. The molecule has 0 aliphatic carbocycles. The summed E-state index contributed by atoms with van der Waals surface area (Å²) >= 11 is 0. The third-order valence-corrected chi connectivity index (χ3v) is 5.46. The van der Waals surface area contributed by atoms with Gasteiger partial charge in [-0.05, 0) is 49.1 Å². The first kappa shape index (κ1) is 20.9. The topological polar surface area (TPSA) is 58.6 Å². The maximum Gasteiger partial charge on any atom is 0.251 e. The second-order valence-corrected chi connectivity index (χ2v) is 7.45. The highest BCUT2D eigenvalue weighted by atomic mass is 16.5. The van der Waals surface area contributed by atoms with E-state index in [1.54, 1.807) is 19.2 Å². The van der Waals surface area contributed by atoms with Gasteiger partial charge in [0.1, 0.15) is 5.75 Å². The molecule has 154 valence electrons. The van der Waals surface area contributed by atoms with Crippen LogP contribution in [0.4, 0.5) is 0 Å². The van der Waals surface area contributed by atoms with Crippen molar-refractivity contribution in [2.24, 2.45) is 0 Å². The van der Waals surface area contributed by atoms with E-state index in [4.69, 9.17) is 4.74 Å². The zero-order chi connectivity index (χ0) is 20.5. The Morgan fingerprint density at radius 3 is 2.52 bits per heavy atom. The molecule has 0 bridgehead atoms. The lowest BCUT2D eigenvalue weighted by atomic mass is 10.00. The standard InChI is InChI=1S/C24H30N2O3/c1-29-21-15-13-19(14-16-21)22-11-6-3-7-18-26(22)23(27)12-8-17-25-24(28)20-9-4-2-5-10-20/h2,4-5,9-10,13-16,22H,3,6-8,11-12,17-18H2,1H3,(H,25,28). The largest absolute Gasteiger partial charge is 0.497 e. The SMILES string of the molecule is COc1ccc(C2CCCCCN2C(=O)CCCNC(=O)c2ccccc2)cc1. The van der Waals surface area contributed by atoms with Crippen LogP contribution in [0.5, 0.6) is 5.75 Å². The Balaban J connectivity index is 1.54. The van der Waals surface area contributed by atoms with Gasteiger partial charge >= 0.3 is 0 Å². The van der Waals surface area contributed by atoms with Crippen LogP contribution in [0.15, 0.2) is 54.6 Å². The van der Waals surface area contributed by atoms with E-state index in [2.05, 4.69) is 17.4 Å². The predicted octanol–water partition coefficient (Wildman–Crippen LogP) is 4.35. The third kappa shape index (κ3) is 5.83. The van der Waals surface area contributed by atoms with Gasteiger partial charge in [-0.25, -0.2) is 0 Å². The number of nitrogens with zero attached hydrogens (tertiary/aromatic N) is 1. The van der Waals surface area contributed by atoms with Gasteiger partial charge in [0, 0.05) is 25.1 Å². The fraction of sp³-hybridized carbons (Fsp3) is 0.417. The molecule has 5 heteroatoms. The molecule has 1 aliphatic heterocycles. The third-order valence-electron chi connectivity index (χ3n) is 5.46. The molecule has 0 radical (unpaired) electrons. The number of benzene rings is 2. The van der Waals surface area contributed by atoms with Crippen molar-refractivity contribution >= 4 is 11.8 Å². The number of carbonyl (C=O) groups excluding carboxylic acids is 2. The van der Waals surface area contributed by atoms with E-state index in [0.29, 0.717) is 24.9 Å². The Labute approximate surface area is 173 Å². The van der Waals surface area contributed by atoms with Crippen molar-refractivity contribution in [2.75, 3.05) is 20.2 Å². The molecule has 2 aromatic carbocycles. The lowest BCUT2D eigenvalue weighted by Gasteiger charge is -2.31. The fourth-order valence-corrected chi connectivity index (χ4v) is 3.86. The highest BCUT2D eigenvalue weighted by molar-refractivity contribution is 5.94. The lowest BCUT2D eigenvalue weighted by molar-refractivity contribution is -0.133. The smallest absolute Gasteiger partial charge is 0.251 e. The molecule has 1 aliphatic rings. The van der Waals surface area contributed by atoms with Crippen LogP contribution in [0.2, 0.25) is 0 Å². The van der Waals surface area contributed by atoms with Gasteiger partial charge in [0.25, 0.3) is 5.91 Å². The summed E-state index contributed by atoms with van der Waals surface area (Å²) in [4.78, 5) is 27.1. The number of likely N-dealkylation sites (tertiary alicyclic amines) is 1. The average molecular weight is 395 g/mol. The normalized spacial score (nSPS) is 16.7. The maximum absolute atomic E-state index is 13.0. The number of rotatable bonds is 7. The van der Waals surface area contributed by atoms with Crippen LogP contribution in [-0.2, 0) is 4.79 Å². The van der Waals surface area contributed by atoms with E-state index >= 15 is 0 Å². The van der Waals surface area contributed by atoms with Crippen molar-refractivity contribution in [2.45, 2.75) is 44.6 Å². The van der Waals surface area contributed by atoms with Crippen LogP contribution in [0.25, 0.3) is 0 Å². The van der Waals surface area contributed by atoms with Crippen molar-refractivity contribution in [3.63, 3.8) is 0 Å². The van der Waals surface area contributed by atoms with Gasteiger partial charge in [0.05, 0.1) is 13.2 Å². The highest BCUT2D eigenvalue weighted by Crippen LogP contribution is 2.31. The van der Waals surface area contributed by atoms with E-state index in [1.165, 1.54) is 5.56 Å². The number of methoxy groups -OCH3 is 1. The first-order chi connectivity index (χ1) is 14.2. The summed E-state index contributed by atoms with van der Waals surface area (Å²) in [7, 11) is 1.66. The Morgan fingerprint density at radius 2 is 1.79 bits per heavy atom.